The van der Waals surface area contributed by atoms with Crippen molar-refractivity contribution in [2.45, 2.75) is 6.54 Å². The fraction of sp³-hybridized carbons (Fsp3) is 0.182. The number of aromatic nitrogens is 2. The first kappa shape index (κ1) is 13.3. The Morgan fingerprint density at radius 3 is 2.78 bits per heavy atom. The Hall–Kier alpha value is -1.17. The van der Waals surface area contributed by atoms with Crippen molar-refractivity contribution < 1.29 is 4.79 Å². The van der Waals surface area contributed by atoms with Gasteiger partial charge in [-0.3, -0.25) is 4.79 Å². The lowest BCUT2D eigenvalue weighted by Gasteiger charge is -2.15. The Bertz CT molecular complexity index is 573. The van der Waals surface area contributed by atoms with Crippen molar-refractivity contribution in [3.05, 3.63) is 44.3 Å². The molecule has 2 aromatic rings. The van der Waals surface area contributed by atoms with E-state index >= 15 is 0 Å². The molecule has 1 aromatic carbocycles. The van der Waals surface area contributed by atoms with Crippen molar-refractivity contribution in [2.75, 3.05) is 7.05 Å². The molecule has 1 aromatic heterocycles. The maximum absolute atomic E-state index is 12.0. The highest BCUT2D eigenvalue weighted by Gasteiger charge is 2.16. The van der Waals surface area contributed by atoms with E-state index in [1.807, 2.05) is 18.2 Å². The Morgan fingerprint density at radius 2 is 2.17 bits per heavy atom. The zero-order chi connectivity index (χ0) is 13.1. The number of rotatable bonds is 3. The molecule has 0 saturated heterocycles. The lowest BCUT2D eigenvalue weighted by Crippen LogP contribution is -2.26. The number of benzene rings is 1. The minimum Gasteiger partial charge on any atom is -0.335 e. The maximum atomic E-state index is 12.0. The predicted molar refractivity (Wildman–Crippen MR) is 72.2 cm³/mol. The Labute approximate surface area is 118 Å². The number of nitrogens with zero attached hydrogens (tertiary/aromatic N) is 3. The first-order valence-electron chi connectivity index (χ1n) is 5.05. The lowest BCUT2D eigenvalue weighted by atomic mass is 10.2. The molecule has 0 aliphatic rings. The van der Waals surface area contributed by atoms with Gasteiger partial charge in [-0.1, -0.05) is 35.1 Å². The third-order valence-electron chi connectivity index (χ3n) is 2.24. The summed E-state index contributed by atoms with van der Waals surface area (Å²) >= 11 is 12.6. The van der Waals surface area contributed by atoms with E-state index in [1.165, 1.54) is 0 Å². The fourth-order valence-electron chi connectivity index (χ4n) is 1.44. The van der Waals surface area contributed by atoms with Crippen LogP contribution >= 0.6 is 34.5 Å². The van der Waals surface area contributed by atoms with Crippen molar-refractivity contribution >= 4 is 40.4 Å². The fourth-order valence-corrected chi connectivity index (χ4v) is 2.47. The first-order chi connectivity index (χ1) is 8.56. The molecule has 4 nitrogen and oxygen atoms in total. The van der Waals surface area contributed by atoms with Crippen molar-refractivity contribution in [1.82, 2.24) is 15.1 Å². The van der Waals surface area contributed by atoms with E-state index in [1.54, 1.807) is 18.0 Å². The van der Waals surface area contributed by atoms with Gasteiger partial charge in [0.25, 0.3) is 5.91 Å². The summed E-state index contributed by atoms with van der Waals surface area (Å²) in [7, 11) is 1.69. The number of hydrogen-bond acceptors (Lipinski definition) is 4. The van der Waals surface area contributed by atoms with Gasteiger partial charge in [-0.2, -0.15) is 0 Å². The van der Waals surface area contributed by atoms with Gasteiger partial charge in [0, 0.05) is 18.6 Å². The molecule has 2 rings (SSSR count). The molecule has 18 heavy (non-hydrogen) atoms. The van der Waals surface area contributed by atoms with Gasteiger partial charge in [0.2, 0.25) is 9.47 Å². The van der Waals surface area contributed by atoms with Crippen LogP contribution in [0.2, 0.25) is 9.49 Å². The largest absolute Gasteiger partial charge is 0.335 e. The van der Waals surface area contributed by atoms with E-state index in [9.17, 15) is 4.79 Å². The van der Waals surface area contributed by atoms with Crippen LogP contribution in [0.3, 0.4) is 0 Å². The van der Waals surface area contributed by atoms with E-state index in [0.29, 0.717) is 11.6 Å². The number of hydrogen-bond donors (Lipinski definition) is 0. The van der Waals surface area contributed by atoms with E-state index < -0.39 is 0 Å². The molecule has 0 unspecified atom stereocenters. The molecule has 1 amide bonds. The van der Waals surface area contributed by atoms with Crippen LogP contribution < -0.4 is 0 Å². The van der Waals surface area contributed by atoms with Gasteiger partial charge in [0.1, 0.15) is 0 Å². The van der Waals surface area contributed by atoms with Crippen molar-refractivity contribution in [3.63, 3.8) is 0 Å². The molecule has 0 aliphatic carbocycles. The average molecular weight is 302 g/mol. The van der Waals surface area contributed by atoms with Crippen LogP contribution in [0.25, 0.3) is 0 Å². The van der Waals surface area contributed by atoms with Crippen LogP contribution in [-0.4, -0.2) is 28.1 Å². The van der Waals surface area contributed by atoms with Gasteiger partial charge in [-0.15, -0.1) is 10.2 Å². The van der Waals surface area contributed by atoms with Gasteiger partial charge in [0.05, 0.1) is 0 Å². The zero-order valence-electron chi connectivity index (χ0n) is 9.43. The van der Waals surface area contributed by atoms with Crippen LogP contribution in [0, 0.1) is 0 Å². The number of carbonyl (C=O) groups excluding carboxylic acids is 1. The molecule has 7 heteroatoms. The van der Waals surface area contributed by atoms with Gasteiger partial charge in [-0.05, 0) is 29.3 Å². The first-order valence-corrected chi connectivity index (χ1v) is 6.62. The number of halogens is 2. The smallest absolute Gasteiger partial charge is 0.284 e. The summed E-state index contributed by atoms with van der Waals surface area (Å²) in [6.45, 7) is 0.455. The molecule has 0 bridgehead atoms. The quantitative estimate of drug-likeness (QED) is 0.875. The third-order valence-corrected chi connectivity index (χ3v) is 3.48. The van der Waals surface area contributed by atoms with Gasteiger partial charge >= 0.3 is 0 Å². The average Bonchev–Trinajstić information content (AvgIpc) is 2.75. The van der Waals surface area contributed by atoms with E-state index in [4.69, 9.17) is 23.2 Å². The molecule has 1 heterocycles. The molecule has 0 spiro atoms. The summed E-state index contributed by atoms with van der Waals surface area (Å²) in [5.74, 6) is -0.209. The summed E-state index contributed by atoms with van der Waals surface area (Å²) < 4.78 is 0.259. The molecular weight excluding hydrogens is 293 g/mol. The Balaban J connectivity index is 2.08. The number of carbonyl (C=O) groups is 1. The Morgan fingerprint density at radius 1 is 1.39 bits per heavy atom. The van der Waals surface area contributed by atoms with E-state index in [-0.39, 0.29) is 15.4 Å². The van der Waals surface area contributed by atoms with Crippen molar-refractivity contribution in [2.24, 2.45) is 0 Å². The molecule has 0 fully saturated rings. The Kier molecular flexibility index (Phi) is 4.16. The maximum Gasteiger partial charge on any atom is 0.284 e. The van der Waals surface area contributed by atoms with Crippen LogP contribution in [0.1, 0.15) is 15.4 Å². The lowest BCUT2D eigenvalue weighted by molar-refractivity contribution is 0.0784. The predicted octanol–water partition coefficient (Wildman–Crippen LogP) is 3.12. The summed E-state index contributed by atoms with van der Waals surface area (Å²) in [6, 6.07) is 7.36. The topological polar surface area (TPSA) is 46.1 Å². The highest BCUT2D eigenvalue weighted by atomic mass is 35.5. The second-order valence-corrected chi connectivity index (χ2v) is 5.65. The monoisotopic (exact) mass is 301 g/mol. The minimum absolute atomic E-state index is 0.209. The third kappa shape index (κ3) is 3.19. The summed E-state index contributed by atoms with van der Waals surface area (Å²) in [4.78, 5) is 13.5. The second-order valence-electron chi connectivity index (χ2n) is 3.65. The summed E-state index contributed by atoms with van der Waals surface area (Å²) in [5.41, 5.74) is 0.953. The summed E-state index contributed by atoms with van der Waals surface area (Å²) in [5, 5.41) is 8.25. The van der Waals surface area contributed by atoms with Crippen LogP contribution in [0.4, 0.5) is 0 Å². The van der Waals surface area contributed by atoms with Crippen LogP contribution in [0.15, 0.2) is 24.3 Å². The molecule has 0 radical (unpaired) electrons. The molecule has 0 saturated carbocycles. The standard InChI is InChI=1S/C11H9Cl2N3OS/c1-16(6-7-3-2-4-8(12)5-7)10(17)9-14-15-11(13)18-9/h2-5H,6H2,1H3. The van der Waals surface area contributed by atoms with E-state index in [0.717, 1.165) is 16.9 Å². The zero-order valence-corrected chi connectivity index (χ0v) is 11.8. The van der Waals surface area contributed by atoms with Crippen LogP contribution in [-0.2, 0) is 6.54 Å². The van der Waals surface area contributed by atoms with Gasteiger partial charge in [0.15, 0.2) is 0 Å². The van der Waals surface area contributed by atoms with E-state index in [2.05, 4.69) is 10.2 Å². The molecule has 0 aliphatic heterocycles. The summed E-state index contributed by atoms with van der Waals surface area (Å²) in [6.07, 6.45) is 0. The van der Waals surface area contributed by atoms with Crippen molar-refractivity contribution in [3.8, 4) is 0 Å². The van der Waals surface area contributed by atoms with Gasteiger partial charge < -0.3 is 4.90 Å². The van der Waals surface area contributed by atoms with Crippen LogP contribution in [0.5, 0.6) is 0 Å². The highest BCUT2D eigenvalue weighted by Crippen LogP contribution is 2.18. The SMILES string of the molecule is CN(Cc1cccc(Cl)c1)C(=O)c1nnc(Cl)s1. The van der Waals surface area contributed by atoms with Gasteiger partial charge in [-0.25, -0.2) is 0 Å². The normalized spacial score (nSPS) is 10.4. The molecular formula is C11H9Cl2N3OS. The minimum atomic E-state index is -0.209. The number of amides is 1. The second kappa shape index (κ2) is 5.65. The molecule has 0 atom stereocenters. The molecule has 94 valence electrons. The molecule has 0 N–H and O–H groups in total. The highest BCUT2D eigenvalue weighted by molar-refractivity contribution is 7.17. The van der Waals surface area contributed by atoms with Crippen molar-refractivity contribution in [1.29, 1.82) is 0 Å².